The standard InChI is InChI=1S/C12H15Cl2NO2/c1-12(2)6-10(15-16-3)8-4-7(13)5-9(14)11(8)17-12/h4-5,10,15H,6H2,1-3H3. The number of hydrogen-bond acceptors (Lipinski definition) is 3. The second-order valence-electron chi connectivity index (χ2n) is 4.75. The van der Waals surface area contributed by atoms with Crippen LogP contribution in [0.25, 0.3) is 0 Å². The lowest BCUT2D eigenvalue weighted by atomic mass is 9.90. The molecule has 1 aliphatic heterocycles. The van der Waals surface area contributed by atoms with Gasteiger partial charge < -0.3 is 9.57 Å². The monoisotopic (exact) mass is 275 g/mol. The van der Waals surface area contributed by atoms with Crippen molar-refractivity contribution in [2.24, 2.45) is 0 Å². The smallest absolute Gasteiger partial charge is 0.143 e. The van der Waals surface area contributed by atoms with Crippen molar-refractivity contribution >= 4 is 23.2 Å². The van der Waals surface area contributed by atoms with Crippen LogP contribution in [0.5, 0.6) is 5.75 Å². The molecule has 0 bridgehead atoms. The van der Waals surface area contributed by atoms with Crippen LogP contribution in [0.1, 0.15) is 31.9 Å². The molecule has 1 aliphatic rings. The second-order valence-corrected chi connectivity index (χ2v) is 5.59. The van der Waals surface area contributed by atoms with Gasteiger partial charge >= 0.3 is 0 Å². The average Bonchev–Trinajstić information content (AvgIpc) is 2.19. The molecular weight excluding hydrogens is 261 g/mol. The van der Waals surface area contributed by atoms with Crippen LogP contribution in [0.4, 0.5) is 0 Å². The highest BCUT2D eigenvalue weighted by Crippen LogP contribution is 2.44. The molecule has 17 heavy (non-hydrogen) atoms. The maximum atomic E-state index is 6.16. The molecule has 0 radical (unpaired) electrons. The third-order valence-electron chi connectivity index (χ3n) is 2.75. The third kappa shape index (κ3) is 2.68. The summed E-state index contributed by atoms with van der Waals surface area (Å²) in [5.74, 6) is 0.682. The fraction of sp³-hybridized carbons (Fsp3) is 0.500. The number of hydrogen-bond donors (Lipinski definition) is 1. The summed E-state index contributed by atoms with van der Waals surface area (Å²) in [7, 11) is 1.59. The van der Waals surface area contributed by atoms with Gasteiger partial charge in [0, 0.05) is 17.0 Å². The van der Waals surface area contributed by atoms with Crippen LogP contribution in [-0.2, 0) is 4.84 Å². The lowest BCUT2D eigenvalue weighted by Gasteiger charge is -2.38. The molecule has 1 unspecified atom stereocenters. The minimum absolute atomic E-state index is 0.0231. The number of fused-ring (bicyclic) bond motifs is 1. The molecule has 0 amide bonds. The van der Waals surface area contributed by atoms with Gasteiger partial charge in [-0.1, -0.05) is 23.2 Å². The average molecular weight is 276 g/mol. The molecule has 0 aliphatic carbocycles. The van der Waals surface area contributed by atoms with E-state index in [-0.39, 0.29) is 11.6 Å². The fourth-order valence-corrected chi connectivity index (χ4v) is 2.66. The van der Waals surface area contributed by atoms with Gasteiger partial charge in [-0.05, 0) is 26.0 Å². The number of ether oxygens (including phenoxy) is 1. The van der Waals surface area contributed by atoms with Crippen molar-refractivity contribution in [2.75, 3.05) is 7.11 Å². The zero-order chi connectivity index (χ0) is 12.6. The minimum atomic E-state index is -0.291. The van der Waals surface area contributed by atoms with E-state index in [4.69, 9.17) is 32.8 Å². The summed E-state index contributed by atoms with van der Waals surface area (Å²) in [4.78, 5) is 5.02. The lowest BCUT2D eigenvalue weighted by Crippen LogP contribution is -2.39. The van der Waals surface area contributed by atoms with E-state index in [9.17, 15) is 0 Å². The van der Waals surface area contributed by atoms with E-state index >= 15 is 0 Å². The Balaban J connectivity index is 2.48. The topological polar surface area (TPSA) is 30.5 Å². The quantitative estimate of drug-likeness (QED) is 0.834. The Morgan fingerprint density at radius 2 is 2.12 bits per heavy atom. The molecule has 3 nitrogen and oxygen atoms in total. The molecule has 1 aromatic rings. The summed E-state index contributed by atoms with van der Waals surface area (Å²) >= 11 is 12.2. The van der Waals surface area contributed by atoms with Gasteiger partial charge in [0.1, 0.15) is 11.4 Å². The molecule has 1 aromatic carbocycles. The number of halogens is 2. The molecule has 94 valence electrons. The minimum Gasteiger partial charge on any atom is -0.486 e. The maximum Gasteiger partial charge on any atom is 0.143 e. The van der Waals surface area contributed by atoms with Crippen molar-refractivity contribution in [3.63, 3.8) is 0 Å². The molecule has 2 rings (SSSR count). The molecule has 1 atom stereocenters. The molecular formula is C12H15Cl2NO2. The summed E-state index contributed by atoms with van der Waals surface area (Å²) in [6, 6.07) is 3.57. The second kappa shape index (κ2) is 4.65. The van der Waals surface area contributed by atoms with Crippen LogP contribution in [0, 0.1) is 0 Å². The number of nitrogens with one attached hydrogen (secondary N) is 1. The SMILES string of the molecule is CONC1CC(C)(C)Oc2c(Cl)cc(Cl)cc21. The largest absolute Gasteiger partial charge is 0.486 e. The maximum absolute atomic E-state index is 6.16. The Morgan fingerprint density at radius 3 is 2.76 bits per heavy atom. The highest BCUT2D eigenvalue weighted by atomic mass is 35.5. The van der Waals surface area contributed by atoms with Gasteiger partial charge in [0.2, 0.25) is 0 Å². The van der Waals surface area contributed by atoms with Crippen molar-refractivity contribution in [3.05, 3.63) is 27.7 Å². The fourth-order valence-electron chi connectivity index (χ4n) is 2.11. The highest BCUT2D eigenvalue weighted by molar-refractivity contribution is 6.35. The summed E-state index contributed by atoms with van der Waals surface area (Å²) in [6.45, 7) is 4.04. The third-order valence-corrected chi connectivity index (χ3v) is 3.25. The number of rotatable bonds is 2. The lowest BCUT2D eigenvalue weighted by molar-refractivity contribution is 0.00305. The van der Waals surface area contributed by atoms with Gasteiger partial charge in [0.25, 0.3) is 0 Å². The molecule has 0 fully saturated rings. The van der Waals surface area contributed by atoms with Crippen molar-refractivity contribution in [3.8, 4) is 5.75 Å². The van der Waals surface area contributed by atoms with E-state index in [0.29, 0.717) is 15.8 Å². The van der Waals surface area contributed by atoms with Gasteiger partial charge in [0.05, 0.1) is 18.2 Å². The Morgan fingerprint density at radius 1 is 1.41 bits per heavy atom. The Labute approximate surface area is 111 Å². The van der Waals surface area contributed by atoms with Gasteiger partial charge in [-0.2, -0.15) is 5.48 Å². The number of hydroxylamine groups is 1. The molecule has 5 heteroatoms. The van der Waals surface area contributed by atoms with Crippen LogP contribution >= 0.6 is 23.2 Å². The predicted octanol–water partition coefficient (Wildman–Crippen LogP) is 3.75. The van der Waals surface area contributed by atoms with E-state index in [2.05, 4.69) is 5.48 Å². The first kappa shape index (κ1) is 13.0. The molecule has 0 saturated heterocycles. The van der Waals surface area contributed by atoms with E-state index < -0.39 is 0 Å². The van der Waals surface area contributed by atoms with Crippen LogP contribution in [0.3, 0.4) is 0 Å². The van der Waals surface area contributed by atoms with Crippen LogP contribution in [0.15, 0.2) is 12.1 Å². The van der Waals surface area contributed by atoms with Crippen molar-refractivity contribution in [1.82, 2.24) is 5.48 Å². The van der Waals surface area contributed by atoms with Crippen molar-refractivity contribution in [2.45, 2.75) is 31.9 Å². The number of benzene rings is 1. The van der Waals surface area contributed by atoms with Crippen LogP contribution in [-0.4, -0.2) is 12.7 Å². The Kier molecular flexibility index (Phi) is 3.55. The van der Waals surface area contributed by atoms with Crippen LogP contribution in [0.2, 0.25) is 10.0 Å². The summed E-state index contributed by atoms with van der Waals surface area (Å²) < 4.78 is 5.90. The zero-order valence-corrected chi connectivity index (χ0v) is 11.5. The predicted molar refractivity (Wildman–Crippen MR) is 68.7 cm³/mol. The van der Waals surface area contributed by atoms with E-state index in [0.717, 1.165) is 12.0 Å². The summed E-state index contributed by atoms with van der Waals surface area (Å²) in [6.07, 6.45) is 0.782. The van der Waals surface area contributed by atoms with Gasteiger partial charge in [-0.25, -0.2) is 0 Å². The molecule has 0 saturated carbocycles. The molecule has 1 N–H and O–H groups in total. The normalized spacial score (nSPS) is 21.8. The van der Waals surface area contributed by atoms with Gasteiger partial charge in [-0.15, -0.1) is 0 Å². The van der Waals surface area contributed by atoms with Gasteiger partial charge in [0.15, 0.2) is 0 Å². The highest BCUT2D eigenvalue weighted by Gasteiger charge is 2.35. The van der Waals surface area contributed by atoms with E-state index in [1.54, 1.807) is 13.2 Å². The Hall–Kier alpha value is -0.480. The van der Waals surface area contributed by atoms with E-state index in [1.807, 2.05) is 19.9 Å². The summed E-state index contributed by atoms with van der Waals surface area (Å²) in [5, 5.41) is 1.13. The van der Waals surface area contributed by atoms with E-state index in [1.165, 1.54) is 0 Å². The molecule has 1 heterocycles. The van der Waals surface area contributed by atoms with Crippen LogP contribution < -0.4 is 10.2 Å². The first-order valence-electron chi connectivity index (χ1n) is 5.39. The first-order chi connectivity index (χ1) is 7.93. The Bertz CT molecular complexity index is 435. The van der Waals surface area contributed by atoms with Gasteiger partial charge in [-0.3, -0.25) is 0 Å². The molecule has 0 aromatic heterocycles. The van der Waals surface area contributed by atoms with Crippen molar-refractivity contribution in [1.29, 1.82) is 0 Å². The zero-order valence-electron chi connectivity index (χ0n) is 10.0. The first-order valence-corrected chi connectivity index (χ1v) is 6.15. The molecule has 0 spiro atoms. The summed E-state index contributed by atoms with van der Waals surface area (Å²) in [5.41, 5.74) is 3.60. The van der Waals surface area contributed by atoms with Crippen molar-refractivity contribution < 1.29 is 9.57 Å².